The molecule has 0 spiro atoms. The Labute approximate surface area is 116 Å². The highest BCUT2D eigenvalue weighted by Crippen LogP contribution is 2.22. The fraction of sp³-hybridized carbons (Fsp3) is 0.0667. The molecule has 0 atom stereocenters. The van der Waals surface area contributed by atoms with Gasteiger partial charge < -0.3 is 0 Å². The van der Waals surface area contributed by atoms with E-state index in [1.165, 1.54) is 0 Å². The summed E-state index contributed by atoms with van der Waals surface area (Å²) in [6.07, 6.45) is 3.64. The summed E-state index contributed by atoms with van der Waals surface area (Å²) >= 11 is 1.67. The van der Waals surface area contributed by atoms with E-state index in [0.717, 1.165) is 28.1 Å². The minimum Gasteiger partial charge on any atom is -0.272 e. The zero-order chi connectivity index (χ0) is 13.1. The monoisotopic (exact) mass is 267 g/mol. The van der Waals surface area contributed by atoms with Crippen molar-refractivity contribution in [2.45, 2.75) is 0 Å². The van der Waals surface area contributed by atoms with Crippen molar-refractivity contribution in [1.82, 2.24) is 13.9 Å². The minimum absolute atomic E-state index is 0.789. The quantitative estimate of drug-likeness (QED) is 0.723. The van der Waals surface area contributed by atoms with Crippen LogP contribution in [0.5, 0.6) is 0 Å². The molecule has 19 heavy (non-hydrogen) atoms. The van der Waals surface area contributed by atoms with Crippen LogP contribution >= 0.6 is 11.9 Å². The average Bonchev–Trinajstić information content (AvgIpc) is 2.89. The fourth-order valence-electron chi connectivity index (χ4n) is 1.83. The summed E-state index contributed by atoms with van der Waals surface area (Å²) in [7, 11) is 0. The number of para-hydroxylation sites is 2. The number of fused-ring (bicyclic) bond motifs is 1. The van der Waals surface area contributed by atoms with Crippen molar-refractivity contribution in [3.05, 3.63) is 67.3 Å². The lowest BCUT2D eigenvalue weighted by atomic mass is 10.2. The maximum Gasteiger partial charge on any atom is 0.106 e. The molecule has 3 rings (SSSR count). The van der Waals surface area contributed by atoms with Crippen molar-refractivity contribution >= 4 is 28.6 Å². The SMILES string of the molecule is C=C(CSn1cnc2ccccc21)c1ccccn1. The zero-order valence-corrected chi connectivity index (χ0v) is 11.2. The standard InChI is InChI=1S/C15H13N3S/c1-12(13-6-4-5-9-16-13)10-19-18-11-17-14-7-2-3-8-15(14)18/h2-9,11H,1,10H2. The first-order valence-electron chi connectivity index (χ1n) is 5.99. The highest BCUT2D eigenvalue weighted by Gasteiger charge is 2.04. The van der Waals surface area contributed by atoms with Gasteiger partial charge in [0.25, 0.3) is 0 Å². The summed E-state index contributed by atoms with van der Waals surface area (Å²) in [5, 5.41) is 0. The van der Waals surface area contributed by atoms with Crippen LogP contribution in [0.1, 0.15) is 5.69 Å². The second-order valence-electron chi connectivity index (χ2n) is 4.15. The van der Waals surface area contributed by atoms with Crippen LogP contribution in [0.2, 0.25) is 0 Å². The number of hydrogen-bond acceptors (Lipinski definition) is 3. The molecule has 0 bridgehead atoms. The van der Waals surface area contributed by atoms with Gasteiger partial charge in [0.05, 0.1) is 16.7 Å². The first-order valence-corrected chi connectivity index (χ1v) is 6.93. The molecule has 0 saturated heterocycles. The van der Waals surface area contributed by atoms with E-state index in [-0.39, 0.29) is 0 Å². The topological polar surface area (TPSA) is 30.7 Å². The Morgan fingerprint density at radius 3 is 2.79 bits per heavy atom. The summed E-state index contributed by atoms with van der Waals surface area (Å²) in [5.41, 5.74) is 4.10. The van der Waals surface area contributed by atoms with Crippen molar-refractivity contribution in [2.24, 2.45) is 0 Å². The fourth-order valence-corrected chi connectivity index (χ4v) is 2.68. The first kappa shape index (κ1) is 12.0. The molecular formula is C15H13N3S. The molecule has 0 amide bonds. The number of aromatic nitrogens is 3. The van der Waals surface area contributed by atoms with E-state index in [0.29, 0.717) is 0 Å². The van der Waals surface area contributed by atoms with Gasteiger partial charge in [0.15, 0.2) is 0 Å². The van der Waals surface area contributed by atoms with Gasteiger partial charge in [0.1, 0.15) is 6.33 Å². The molecule has 0 aliphatic heterocycles. The molecule has 0 N–H and O–H groups in total. The predicted octanol–water partition coefficient (Wildman–Crippen LogP) is 3.64. The highest BCUT2D eigenvalue weighted by atomic mass is 32.2. The van der Waals surface area contributed by atoms with Crippen molar-refractivity contribution in [3.8, 4) is 0 Å². The van der Waals surface area contributed by atoms with Gasteiger partial charge in [0.2, 0.25) is 0 Å². The van der Waals surface area contributed by atoms with Crippen LogP contribution in [-0.2, 0) is 0 Å². The third-order valence-electron chi connectivity index (χ3n) is 2.83. The third kappa shape index (κ3) is 2.53. The molecule has 94 valence electrons. The Hall–Kier alpha value is -2.07. The predicted molar refractivity (Wildman–Crippen MR) is 80.9 cm³/mol. The molecule has 2 heterocycles. The second-order valence-corrected chi connectivity index (χ2v) is 5.09. The Morgan fingerprint density at radius 2 is 1.95 bits per heavy atom. The van der Waals surface area contributed by atoms with E-state index in [4.69, 9.17) is 0 Å². The number of hydrogen-bond donors (Lipinski definition) is 0. The van der Waals surface area contributed by atoms with Crippen LogP contribution in [0.15, 0.2) is 61.6 Å². The number of pyridine rings is 1. The van der Waals surface area contributed by atoms with Crippen LogP contribution < -0.4 is 0 Å². The van der Waals surface area contributed by atoms with E-state index in [9.17, 15) is 0 Å². The maximum absolute atomic E-state index is 4.37. The number of nitrogens with zero attached hydrogens (tertiary/aromatic N) is 3. The molecule has 0 radical (unpaired) electrons. The molecule has 0 aliphatic carbocycles. The van der Waals surface area contributed by atoms with Gasteiger partial charge in [-0.05, 0) is 41.8 Å². The van der Waals surface area contributed by atoms with Gasteiger partial charge in [-0.15, -0.1) is 0 Å². The van der Waals surface area contributed by atoms with Crippen LogP contribution in [0.4, 0.5) is 0 Å². The van der Waals surface area contributed by atoms with Gasteiger partial charge >= 0.3 is 0 Å². The molecule has 0 unspecified atom stereocenters. The Morgan fingerprint density at radius 1 is 1.11 bits per heavy atom. The number of benzene rings is 1. The number of imidazole rings is 1. The molecule has 2 aromatic heterocycles. The smallest absolute Gasteiger partial charge is 0.106 e. The third-order valence-corrected chi connectivity index (χ3v) is 3.87. The molecule has 0 fully saturated rings. The van der Waals surface area contributed by atoms with E-state index in [1.54, 1.807) is 18.1 Å². The molecule has 4 heteroatoms. The highest BCUT2D eigenvalue weighted by molar-refractivity contribution is 7.98. The second kappa shape index (κ2) is 5.28. The van der Waals surface area contributed by atoms with Crippen molar-refractivity contribution in [3.63, 3.8) is 0 Å². The molecule has 3 aromatic rings. The largest absolute Gasteiger partial charge is 0.272 e. The summed E-state index contributed by atoms with van der Waals surface area (Å²) in [4.78, 5) is 8.67. The van der Waals surface area contributed by atoms with Crippen molar-refractivity contribution < 1.29 is 0 Å². The summed E-state index contributed by atoms with van der Waals surface area (Å²) < 4.78 is 2.07. The Balaban J connectivity index is 1.75. The van der Waals surface area contributed by atoms with Gasteiger partial charge in [0, 0.05) is 11.9 Å². The lowest BCUT2D eigenvalue weighted by molar-refractivity contribution is 1.25. The molecule has 0 saturated carbocycles. The van der Waals surface area contributed by atoms with Crippen LogP contribution in [0, 0.1) is 0 Å². The molecule has 0 aliphatic rings. The van der Waals surface area contributed by atoms with Crippen LogP contribution in [0.25, 0.3) is 16.6 Å². The normalized spacial score (nSPS) is 10.7. The molecule has 3 nitrogen and oxygen atoms in total. The van der Waals surface area contributed by atoms with Gasteiger partial charge in [-0.3, -0.25) is 8.96 Å². The minimum atomic E-state index is 0.789. The van der Waals surface area contributed by atoms with Gasteiger partial charge in [-0.2, -0.15) is 0 Å². The Bertz CT molecular complexity index is 703. The maximum atomic E-state index is 4.37. The zero-order valence-electron chi connectivity index (χ0n) is 10.4. The molecule has 1 aromatic carbocycles. The van der Waals surface area contributed by atoms with E-state index in [1.807, 2.05) is 42.7 Å². The summed E-state index contributed by atoms with van der Waals surface area (Å²) in [6.45, 7) is 4.09. The van der Waals surface area contributed by atoms with Crippen molar-refractivity contribution in [1.29, 1.82) is 0 Å². The first-order chi connectivity index (χ1) is 9.34. The Kier molecular flexibility index (Phi) is 3.33. The van der Waals surface area contributed by atoms with Crippen LogP contribution in [-0.4, -0.2) is 19.7 Å². The lowest BCUT2D eigenvalue weighted by Crippen LogP contribution is -1.93. The summed E-state index contributed by atoms with van der Waals surface area (Å²) in [5.74, 6) is 0.789. The lowest BCUT2D eigenvalue weighted by Gasteiger charge is -2.05. The van der Waals surface area contributed by atoms with Crippen molar-refractivity contribution in [2.75, 3.05) is 5.75 Å². The summed E-state index contributed by atoms with van der Waals surface area (Å²) in [6, 6.07) is 14.0. The van der Waals surface area contributed by atoms with Gasteiger partial charge in [-0.25, -0.2) is 4.98 Å². The van der Waals surface area contributed by atoms with E-state index >= 15 is 0 Å². The van der Waals surface area contributed by atoms with E-state index in [2.05, 4.69) is 26.6 Å². The number of rotatable bonds is 4. The van der Waals surface area contributed by atoms with E-state index < -0.39 is 0 Å². The van der Waals surface area contributed by atoms with Crippen LogP contribution in [0.3, 0.4) is 0 Å². The van der Waals surface area contributed by atoms with Gasteiger partial charge in [-0.1, -0.05) is 24.8 Å². The molecular weight excluding hydrogens is 254 g/mol. The average molecular weight is 267 g/mol.